The van der Waals surface area contributed by atoms with Crippen molar-refractivity contribution in [2.45, 2.75) is 26.2 Å². The minimum Gasteiger partial charge on any atom is -0.370 e. The quantitative estimate of drug-likeness (QED) is 0.683. The van der Waals surface area contributed by atoms with Gasteiger partial charge in [-0.1, -0.05) is 30.7 Å². The number of guanidine groups is 1. The summed E-state index contributed by atoms with van der Waals surface area (Å²) in [6.07, 6.45) is 3.31. The van der Waals surface area contributed by atoms with E-state index in [0.717, 1.165) is 37.0 Å². The van der Waals surface area contributed by atoms with E-state index in [-0.39, 0.29) is 0 Å². The van der Waals surface area contributed by atoms with Crippen LogP contribution in [-0.4, -0.2) is 30.5 Å². The lowest BCUT2D eigenvalue weighted by Crippen LogP contribution is -2.42. The molecule has 1 aromatic carbocycles. The van der Waals surface area contributed by atoms with Gasteiger partial charge in [-0.3, -0.25) is 4.99 Å². The maximum absolute atomic E-state index is 6.04. The van der Waals surface area contributed by atoms with Gasteiger partial charge in [-0.15, -0.1) is 0 Å². The van der Waals surface area contributed by atoms with Gasteiger partial charge in [0.25, 0.3) is 0 Å². The molecule has 0 bridgehead atoms. The van der Waals surface area contributed by atoms with Gasteiger partial charge in [0.15, 0.2) is 5.96 Å². The van der Waals surface area contributed by atoms with E-state index >= 15 is 0 Å². The molecule has 0 radical (unpaired) electrons. The summed E-state index contributed by atoms with van der Waals surface area (Å²) in [5, 5.41) is 0.777. The molecule has 0 aromatic heterocycles. The van der Waals surface area contributed by atoms with Crippen LogP contribution in [-0.2, 0) is 6.42 Å². The van der Waals surface area contributed by atoms with Crippen molar-refractivity contribution in [1.29, 1.82) is 0 Å². The molecule has 4 heteroatoms. The van der Waals surface area contributed by atoms with E-state index in [1.807, 2.05) is 18.2 Å². The summed E-state index contributed by atoms with van der Waals surface area (Å²) in [6, 6.07) is 7.91. The number of aliphatic imine (C=N–C) groups is 1. The van der Waals surface area contributed by atoms with E-state index in [4.69, 9.17) is 17.3 Å². The predicted molar refractivity (Wildman–Crippen MR) is 81.6 cm³/mol. The Morgan fingerprint density at radius 1 is 1.42 bits per heavy atom. The molecule has 0 spiro atoms. The number of hydrogen-bond donors (Lipinski definition) is 1. The van der Waals surface area contributed by atoms with Gasteiger partial charge >= 0.3 is 0 Å². The molecule has 19 heavy (non-hydrogen) atoms. The van der Waals surface area contributed by atoms with Gasteiger partial charge in [0.05, 0.1) is 0 Å². The number of nitrogens with two attached hydrogens (primary N) is 1. The van der Waals surface area contributed by atoms with Crippen LogP contribution in [0.5, 0.6) is 0 Å². The third kappa shape index (κ3) is 4.43. The average Bonchev–Trinajstić information content (AvgIpc) is 2.39. The number of piperidine rings is 1. The molecule has 0 aliphatic carbocycles. The number of benzene rings is 1. The first-order chi connectivity index (χ1) is 9.15. The van der Waals surface area contributed by atoms with E-state index < -0.39 is 0 Å². The zero-order valence-corrected chi connectivity index (χ0v) is 12.2. The largest absolute Gasteiger partial charge is 0.370 e. The summed E-state index contributed by atoms with van der Waals surface area (Å²) < 4.78 is 0. The molecule has 1 aliphatic heterocycles. The third-order valence-electron chi connectivity index (χ3n) is 3.67. The highest BCUT2D eigenvalue weighted by molar-refractivity contribution is 6.30. The normalized spacial score (nSPS) is 17.8. The Balaban J connectivity index is 1.81. The number of hydrogen-bond acceptors (Lipinski definition) is 1. The summed E-state index contributed by atoms with van der Waals surface area (Å²) in [5.74, 6) is 1.50. The van der Waals surface area contributed by atoms with Crippen LogP contribution in [0.15, 0.2) is 29.3 Å². The van der Waals surface area contributed by atoms with Crippen molar-refractivity contribution in [2.75, 3.05) is 19.6 Å². The van der Waals surface area contributed by atoms with E-state index in [2.05, 4.69) is 22.9 Å². The Bertz CT molecular complexity index is 437. The lowest BCUT2D eigenvalue weighted by molar-refractivity contribution is 0.277. The van der Waals surface area contributed by atoms with Crippen LogP contribution >= 0.6 is 11.6 Å². The third-order valence-corrected chi connectivity index (χ3v) is 3.91. The zero-order chi connectivity index (χ0) is 13.7. The second-order valence-corrected chi connectivity index (χ2v) is 5.73. The smallest absolute Gasteiger partial charge is 0.191 e. The molecule has 2 rings (SSSR count). The first kappa shape index (κ1) is 14.2. The molecule has 0 unspecified atom stereocenters. The molecule has 2 N–H and O–H groups in total. The lowest BCUT2D eigenvalue weighted by atomic mass is 10.00. The van der Waals surface area contributed by atoms with Crippen molar-refractivity contribution >= 4 is 17.6 Å². The molecule has 3 nitrogen and oxygen atoms in total. The Morgan fingerprint density at radius 3 is 2.84 bits per heavy atom. The van der Waals surface area contributed by atoms with Gasteiger partial charge in [-0.25, -0.2) is 0 Å². The molecule has 1 saturated heterocycles. The number of halogens is 1. The van der Waals surface area contributed by atoms with Crippen molar-refractivity contribution in [2.24, 2.45) is 16.6 Å². The lowest BCUT2D eigenvalue weighted by Gasteiger charge is -2.31. The van der Waals surface area contributed by atoms with E-state index in [9.17, 15) is 0 Å². The van der Waals surface area contributed by atoms with Gasteiger partial charge in [-0.05, 0) is 42.9 Å². The van der Waals surface area contributed by atoms with Crippen LogP contribution in [0.3, 0.4) is 0 Å². The Hall–Kier alpha value is -1.22. The van der Waals surface area contributed by atoms with Gasteiger partial charge < -0.3 is 10.6 Å². The van der Waals surface area contributed by atoms with Crippen LogP contribution in [0.4, 0.5) is 0 Å². The van der Waals surface area contributed by atoms with Crippen molar-refractivity contribution in [3.63, 3.8) is 0 Å². The van der Waals surface area contributed by atoms with Gasteiger partial charge in [0.1, 0.15) is 0 Å². The SMILES string of the molecule is CC1CCN(C(N)=NCCc2cccc(Cl)c2)CC1. The fourth-order valence-corrected chi connectivity index (χ4v) is 2.54. The summed E-state index contributed by atoms with van der Waals surface area (Å²) in [6.45, 7) is 5.09. The molecule has 104 valence electrons. The Morgan fingerprint density at radius 2 is 2.16 bits per heavy atom. The summed E-state index contributed by atoms with van der Waals surface area (Å²) in [4.78, 5) is 6.67. The molecule has 1 fully saturated rings. The number of nitrogens with zero attached hydrogens (tertiary/aromatic N) is 2. The molecule has 0 amide bonds. The monoisotopic (exact) mass is 279 g/mol. The second kappa shape index (κ2) is 6.80. The van der Waals surface area contributed by atoms with E-state index in [1.165, 1.54) is 18.4 Å². The minimum absolute atomic E-state index is 0.689. The number of rotatable bonds is 3. The van der Waals surface area contributed by atoms with Crippen molar-refractivity contribution in [1.82, 2.24) is 4.90 Å². The zero-order valence-electron chi connectivity index (χ0n) is 11.5. The Kier molecular flexibility index (Phi) is 5.08. The summed E-state index contributed by atoms with van der Waals surface area (Å²) >= 11 is 5.95. The molecule has 1 heterocycles. The molecular formula is C15H22ClN3. The molecule has 0 atom stereocenters. The molecule has 1 aromatic rings. The van der Waals surface area contributed by atoms with Crippen LogP contribution < -0.4 is 5.73 Å². The summed E-state index contributed by atoms with van der Waals surface area (Å²) in [5.41, 5.74) is 7.24. The fraction of sp³-hybridized carbons (Fsp3) is 0.533. The van der Waals surface area contributed by atoms with Crippen molar-refractivity contribution in [3.8, 4) is 0 Å². The average molecular weight is 280 g/mol. The van der Waals surface area contributed by atoms with Crippen LogP contribution in [0, 0.1) is 5.92 Å². The fourth-order valence-electron chi connectivity index (χ4n) is 2.33. The topological polar surface area (TPSA) is 41.6 Å². The highest BCUT2D eigenvalue weighted by Gasteiger charge is 2.16. The molecular weight excluding hydrogens is 258 g/mol. The number of likely N-dealkylation sites (tertiary alicyclic amines) is 1. The first-order valence-corrected chi connectivity index (χ1v) is 7.32. The van der Waals surface area contributed by atoms with Gasteiger partial charge in [0.2, 0.25) is 0 Å². The minimum atomic E-state index is 0.689. The molecule has 1 aliphatic rings. The molecule has 0 saturated carbocycles. The maximum Gasteiger partial charge on any atom is 0.191 e. The highest BCUT2D eigenvalue weighted by atomic mass is 35.5. The maximum atomic E-state index is 6.04. The van der Waals surface area contributed by atoms with Crippen molar-refractivity contribution < 1.29 is 0 Å². The van der Waals surface area contributed by atoms with Crippen LogP contribution in [0.25, 0.3) is 0 Å². The second-order valence-electron chi connectivity index (χ2n) is 5.29. The van der Waals surface area contributed by atoms with Crippen LogP contribution in [0.1, 0.15) is 25.3 Å². The van der Waals surface area contributed by atoms with Crippen molar-refractivity contribution in [3.05, 3.63) is 34.9 Å². The van der Waals surface area contributed by atoms with Gasteiger partial charge in [0, 0.05) is 24.7 Å². The van der Waals surface area contributed by atoms with E-state index in [0.29, 0.717) is 5.96 Å². The van der Waals surface area contributed by atoms with Crippen LogP contribution in [0.2, 0.25) is 5.02 Å². The van der Waals surface area contributed by atoms with Gasteiger partial charge in [-0.2, -0.15) is 0 Å². The Labute approximate surface area is 120 Å². The standard InChI is InChI=1S/C15H22ClN3/c1-12-6-9-19(10-7-12)15(17)18-8-5-13-3-2-4-14(16)11-13/h2-4,11-12H,5-10H2,1H3,(H2,17,18). The summed E-state index contributed by atoms with van der Waals surface area (Å²) in [7, 11) is 0. The first-order valence-electron chi connectivity index (χ1n) is 6.94. The highest BCUT2D eigenvalue weighted by Crippen LogP contribution is 2.15. The van der Waals surface area contributed by atoms with E-state index in [1.54, 1.807) is 0 Å². The predicted octanol–water partition coefficient (Wildman–Crippen LogP) is 2.93.